The van der Waals surface area contributed by atoms with Crippen molar-refractivity contribution in [1.82, 2.24) is 20.9 Å². The van der Waals surface area contributed by atoms with Crippen LogP contribution in [0.5, 0.6) is 69.0 Å². The number of benzene rings is 9. The summed E-state index contributed by atoms with van der Waals surface area (Å²) in [7, 11) is 9.51. The molecule has 6 N–H and O–H groups in total. The molecule has 136 heavy (non-hydrogen) atoms. The summed E-state index contributed by atoms with van der Waals surface area (Å²) >= 11 is 22.8. The number of imide groups is 1. The highest BCUT2D eigenvalue weighted by Gasteiger charge is 2.35. The molecule has 0 aliphatic carbocycles. The van der Waals surface area contributed by atoms with Gasteiger partial charge in [0.1, 0.15) is 90.9 Å². The number of hydrogen-bond donors (Lipinski definition) is 5. The van der Waals surface area contributed by atoms with Crippen molar-refractivity contribution < 1.29 is 119 Å². The Morgan fingerprint density at radius 3 is 0.853 bits per heavy atom. The van der Waals surface area contributed by atoms with Gasteiger partial charge in [-0.25, -0.2) is 24.1 Å². The van der Waals surface area contributed by atoms with Crippen molar-refractivity contribution in [2.75, 3.05) is 80.7 Å². The molecule has 0 saturated heterocycles. The number of alkyl halides is 1. The lowest BCUT2D eigenvalue weighted by molar-refractivity contribution is -0.132. The lowest BCUT2D eigenvalue weighted by Crippen LogP contribution is -2.44. The topological polar surface area (TPSA) is 378 Å². The monoisotopic (exact) mass is 2030 g/mol. The number of ketones is 3. The number of Topliss-reactive ketones (excluding diaryl/α,β-unsaturated/α-hetero) is 3. The van der Waals surface area contributed by atoms with E-state index in [1.54, 1.807) is 113 Å². The fraction of sp³-hybridized carbons (Fsp3) is 0.376. The summed E-state index contributed by atoms with van der Waals surface area (Å²) in [5, 5.41) is 17.4. The molecule has 0 radical (unpaired) electrons. The van der Waals surface area contributed by atoms with E-state index >= 15 is 0 Å². The Hall–Kier alpha value is -12.4. The predicted octanol–water partition coefficient (Wildman–Crippen LogP) is 21.5. The molecule has 0 fully saturated rings. The van der Waals surface area contributed by atoms with Gasteiger partial charge in [0.2, 0.25) is 0 Å². The second-order valence-corrected chi connectivity index (χ2v) is 33.8. The smallest absolute Gasteiger partial charge is 0.417 e. The maximum absolute atomic E-state index is 13.4. The minimum absolute atomic E-state index is 0. The average molecular weight is 2030 g/mol. The normalized spacial score (nSPS) is 10.5. The summed E-state index contributed by atoms with van der Waals surface area (Å²) in [5.74, 6) is -0.700. The summed E-state index contributed by atoms with van der Waals surface area (Å²) in [6, 6.07) is 52.6. The van der Waals surface area contributed by atoms with Gasteiger partial charge in [0, 0.05) is 31.5 Å². The summed E-state index contributed by atoms with van der Waals surface area (Å²) in [6.45, 7) is 27.3. The molecule has 0 heterocycles. The number of aliphatic carboxylic acids is 1. The van der Waals surface area contributed by atoms with Gasteiger partial charge in [0.15, 0.2) is 34.5 Å². The number of carbonyl (C=O) groups excluding carboxylic acids is 8. The summed E-state index contributed by atoms with van der Waals surface area (Å²) in [4.78, 5) is 110. The lowest BCUT2D eigenvalue weighted by atomic mass is 10.1. The molecule has 9 aromatic carbocycles. The molecule has 0 unspecified atom stereocenters. The van der Waals surface area contributed by atoms with Crippen LogP contribution in [0.1, 0.15) is 180 Å². The molecule has 30 nitrogen and oxygen atoms in total. The van der Waals surface area contributed by atoms with Gasteiger partial charge < -0.3 is 97.8 Å². The molecule has 740 valence electrons. The molecular formula is C101H126BrCl4N5O25. The minimum atomic E-state index is -1.61. The van der Waals surface area contributed by atoms with Gasteiger partial charge in [-0.1, -0.05) is 151 Å². The van der Waals surface area contributed by atoms with Crippen molar-refractivity contribution >= 4 is 117 Å². The Labute approximate surface area is 826 Å². The van der Waals surface area contributed by atoms with Crippen LogP contribution >= 0.6 is 63.1 Å². The number of carboxylic acids is 1. The highest BCUT2D eigenvalue weighted by Crippen LogP contribution is 2.43. The third-order valence-corrected chi connectivity index (χ3v) is 19.1. The van der Waals surface area contributed by atoms with Crippen LogP contribution in [-0.2, 0) is 68.2 Å². The number of nitrogens with one attached hydrogen (secondary N) is 3. The Kier molecular flexibility index (Phi) is 53.3. The van der Waals surface area contributed by atoms with E-state index in [4.69, 9.17) is 117 Å². The van der Waals surface area contributed by atoms with E-state index in [0.717, 1.165) is 80.2 Å². The fourth-order valence-electron chi connectivity index (χ4n) is 10.8. The van der Waals surface area contributed by atoms with Crippen molar-refractivity contribution in [2.24, 2.45) is 5.73 Å². The van der Waals surface area contributed by atoms with E-state index in [9.17, 15) is 43.2 Å². The first-order chi connectivity index (χ1) is 64.2. The molecule has 35 heteroatoms. The van der Waals surface area contributed by atoms with Gasteiger partial charge in [-0.2, -0.15) is 0 Å². The number of methoxy groups -OCH3 is 6. The van der Waals surface area contributed by atoms with Crippen molar-refractivity contribution in [3.63, 3.8) is 0 Å². The van der Waals surface area contributed by atoms with Crippen LogP contribution < -0.4 is 78.5 Å². The Morgan fingerprint density at radius 2 is 0.610 bits per heavy atom. The van der Waals surface area contributed by atoms with Crippen molar-refractivity contribution in [3.05, 3.63) is 247 Å². The number of nitrogens with two attached hydrogens (primary N) is 1. The molecule has 0 spiro atoms. The molecule has 9 aromatic rings. The molecule has 0 saturated carbocycles. The third kappa shape index (κ3) is 42.7. The maximum Gasteiger partial charge on any atom is 0.417 e. The summed E-state index contributed by atoms with van der Waals surface area (Å²) in [5.41, 5.74) is 8.23. The highest BCUT2D eigenvalue weighted by atomic mass is 79.9. The average Bonchev–Trinajstić information content (AvgIpc) is 0.919. The van der Waals surface area contributed by atoms with Crippen LogP contribution in [0.3, 0.4) is 0 Å². The second-order valence-electron chi connectivity index (χ2n) is 31.9. The first-order valence-electron chi connectivity index (χ1n) is 43.1. The largest absolute Gasteiger partial charge is 0.497 e. The fourth-order valence-corrected chi connectivity index (χ4v) is 11.9. The number of carbonyl (C=O) groups is 9. The third-order valence-electron chi connectivity index (χ3n) is 17.6. The molecule has 0 aliphatic heterocycles. The first kappa shape index (κ1) is 118. The van der Waals surface area contributed by atoms with E-state index in [-0.39, 0.29) is 131 Å². The number of carboxylic acid groups (broad SMARTS) is 1. The molecule has 0 bridgehead atoms. The zero-order valence-corrected chi connectivity index (χ0v) is 85.0. The van der Waals surface area contributed by atoms with Crippen LogP contribution in [0.4, 0.5) is 14.4 Å². The number of hydrogen-bond acceptors (Lipinski definition) is 25. The van der Waals surface area contributed by atoms with Crippen LogP contribution in [0.25, 0.3) is 0 Å². The molecule has 0 aliphatic rings. The van der Waals surface area contributed by atoms with Gasteiger partial charge in [-0.3, -0.25) is 24.0 Å². The van der Waals surface area contributed by atoms with E-state index < -0.39 is 58.0 Å². The Balaban J connectivity index is 0.000000464. The minimum Gasteiger partial charge on any atom is -0.497 e. The van der Waals surface area contributed by atoms with Gasteiger partial charge in [0.25, 0.3) is 23.3 Å². The van der Waals surface area contributed by atoms with E-state index in [0.29, 0.717) is 55.5 Å². The number of halogens is 5. The van der Waals surface area contributed by atoms with Gasteiger partial charge in [-0.15, -0.1) is 12.4 Å². The zero-order chi connectivity index (χ0) is 100. The molecule has 0 atom stereocenters. The number of rotatable bonds is 39. The van der Waals surface area contributed by atoms with Crippen LogP contribution in [0.15, 0.2) is 182 Å². The molecule has 0 aromatic heterocycles. The number of alkyl carbamates (subject to hydrolysis) is 2. The SMILES string of the molecule is CC(C)(C)OC(=O)NCCBr.CCCN.CCCN(C(=O)OC(C)(C)C)C(=O)C(=O)c1ccc(OCc2ccc(OC)cc2)c(OCc2ccc(OC)cc2)c1Cl.CCCNC(=O)C(=O)c1ccc(OCc2ccc(OC)cc2)c(OCc2ccc(OC)cc2)c1Cl.CCCNC(=O)OC(C)(C)C.COc1ccc(COc2ccc(C(=O)C(=O)O)c(Cl)c2OCc2ccc(OC)cc2)cc1.Cl. The van der Waals surface area contributed by atoms with E-state index in [1.165, 1.54) is 30.3 Å². The zero-order valence-electron chi connectivity index (χ0n) is 80.3. The lowest BCUT2D eigenvalue weighted by Gasteiger charge is -2.25. The maximum atomic E-state index is 13.4. The van der Waals surface area contributed by atoms with Crippen molar-refractivity contribution in [1.29, 1.82) is 0 Å². The van der Waals surface area contributed by atoms with Crippen LogP contribution in [0.2, 0.25) is 15.1 Å². The molecule has 9 rings (SSSR count). The van der Waals surface area contributed by atoms with Crippen molar-refractivity contribution in [2.45, 2.75) is 172 Å². The summed E-state index contributed by atoms with van der Waals surface area (Å²) in [6.07, 6.45) is 1.56. The quantitative estimate of drug-likeness (QED) is 0.0103. The van der Waals surface area contributed by atoms with Gasteiger partial charge >= 0.3 is 30.2 Å². The second kappa shape index (κ2) is 61.6. The standard InChI is InChI=1S/C32H36ClNO8.C27H28ClNO6.C24H21ClO7.C8H17NO2.C7H14BrNO2.C3H9N.ClH/c1-7-18-34(31(37)42-32(2,3)4)30(36)28(35)25-16-17-26(40-19-21-8-12-23(38-5)13-9-21)29(27(25)33)41-20-22-10-14-24(39-6)15-11-22;1-4-15-29-27(31)25(30)22-13-14-23(34-16-18-5-9-20(32-2)10-6-18)26(24(22)28)35-17-19-7-11-21(33-3)12-8-19;1-29-17-7-3-15(4-8-17)13-31-20-12-11-19(22(26)24(27)28)21(25)23(20)32-14-16-5-9-18(30-2)10-6-16;1-5-6-9-7(10)11-8(2,3)4;1-7(2,3)11-6(10)9-5-4-8;1-2-3-4;/h8-17H,7,18-20H2,1-6H3;5-14H,4,15-17H2,1-3H3,(H,29,31);3-12H,13-14H2,1-2H3,(H,27,28);5-6H2,1-4H3,(H,9,10);4-5H2,1-3H3,(H,9,10);2-4H2,1H3;1H. The Morgan fingerprint density at radius 1 is 0.353 bits per heavy atom. The highest BCUT2D eigenvalue weighted by molar-refractivity contribution is 9.09. The molecule has 5 amide bonds. The number of nitrogens with zero attached hydrogens (tertiary/aromatic N) is 1. The van der Waals surface area contributed by atoms with Crippen molar-refractivity contribution in [3.8, 4) is 69.0 Å². The first-order valence-corrected chi connectivity index (χ1v) is 45.3. The van der Waals surface area contributed by atoms with Gasteiger partial charge in [-0.05, 0) is 237 Å². The van der Waals surface area contributed by atoms with Crippen LogP contribution in [-0.4, -0.2) is 161 Å². The van der Waals surface area contributed by atoms with E-state index in [1.807, 2.05) is 165 Å². The number of amides is 5. The Bertz CT molecular complexity index is 5180. The van der Waals surface area contributed by atoms with Gasteiger partial charge in [0.05, 0.1) is 74.4 Å². The predicted molar refractivity (Wildman–Crippen MR) is 530 cm³/mol. The van der Waals surface area contributed by atoms with E-state index in [2.05, 4.69) is 38.8 Å². The van der Waals surface area contributed by atoms with Crippen LogP contribution in [0, 0.1) is 0 Å². The molecular weight excluding hydrogens is 1900 g/mol. The number of ether oxygens (including phenoxy) is 15. The summed E-state index contributed by atoms with van der Waals surface area (Å²) < 4.78 is 82.2.